The molecule has 2 N–H and O–H groups in total. The van der Waals surface area contributed by atoms with E-state index in [4.69, 9.17) is 11.6 Å². The molecule has 19 heavy (non-hydrogen) atoms. The van der Waals surface area contributed by atoms with Gasteiger partial charge in [-0.3, -0.25) is 4.79 Å². The average Bonchev–Trinajstić information content (AvgIpc) is 2.30. The number of carbonyl (C=O) groups is 1. The molecular formula is C14H13ClN2O2. The van der Waals surface area contributed by atoms with Gasteiger partial charge in [0.1, 0.15) is 11.6 Å². The Balaban J connectivity index is 2.28. The van der Waals surface area contributed by atoms with E-state index in [0.29, 0.717) is 5.82 Å². The highest BCUT2D eigenvalue weighted by atomic mass is 35.5. The van der Waals surface area contributed by atoms with Crippen LogP contribution in [0.5, 0.6) is 5.75 Å². The Hall–Kier alpha value is -2.07. The van der Waals surface area contributed by atoms with Gasteiger partial charge in [-0.25, -0.2) is 4.98 Å². The van der Waals surface area contributed by atoms with Gasteiger partial charge in [0.25, 0.3) is 5.91 Å². The first-order chi connectivity index (χ1) is 8.95. The first-order valence-corrected chi connectivity index (χ1v) is 6.08. The van der Waals surface area contributed by atoms with Crippen LogP contribution in [0, 0.1) is 13.8 Å². The van der Waals surface area contributed by atoms with E-state index in [1.165, 1.54) is 18.2 Å². The van der Waals surface area contributed by atoms with Crippen LogP contribution in [0.1, 0.15) is 21.6 Å². The minimum Gasteiger partial charge on any atom is -0.508 e. The van der Waals surface area contributed by atoms with Crippen molar-refractivity contribution in [2.24, 2.45) is 0 Å². The number of hydrogen-bond donors (Lipinski definition) is 2. The molecular weight excluding hydrogens is 264 g/mol. The van der Waals surface area contributed by atoms with Crippen LogP contribution in [0.15, 0.2) is 30.3 Å². The van der Waals surface area contributed by atoms with E-state index < -0.39 is 5.91 Å². The zero-order valence-electron chi connectivity index (χ0n) is 10.6. The Bertz CT molecular complexity index is 621. The molecule has 0 aliphatic carbocycles. The molecule has 0 spiro atoms. The molecule has 2 rings (SSSR count). The van der Waals surface area contributed by atoms with Crippen LogP contribution in [0.25, 0.3) is 0 Å². The number of aromatic hydroxyl groups is 1. The highest BCUT2D eigenvalue weighted by Gasteiger charge is 2.12. The molecule has 0 aliphatic rings. The number of rotatable bonds is 2. The Labute approximate surface area is 116 Å². The van der Waals surface area contributed by atoms with Crippen molar-refractivity contribution >= 4 is 23.3 Å². The third-order valence-electron chi connectivity index (χ3n) is 2.53. The standard InChI is InChI=1S/C14H13ClN2O2/c1-8-5-9(2)16-13(6-8)17-14(19)11-7-10(18)3-4-12(11)15/h3-7,18H,1-2H3,(H,16,17,19). The predicted molar refractivity (Wildman–Crippen MR) is 74.8 cm³/mol. The second-order valence-corrected chi connectivity index (χ2v) is 4.70. The lowest BCUT2D eigenvalue weighted by Crippen LogP contribution is -2.13. The monoisotopic (exact) mass is 276 g/mol. The lowest BCUT2D eigenvalue weighted by Gasteiger charge is -2.08. The van der Waals surface area contributed by atoms with Crippen molar-refractivity contribution in [2.45, 2.75) is 13.8 Å². The summed E-state index contributed by atoms with van der Waals surface area (Å²) in [5, 5.41) is 12.3. The van der Waals surface area contributed by atoms with Crippen LogP contribution in [0.2, 0.25) is 5.02 Å². The summed E-state index contributed by atoms with van der Waals surface area (Å²) in [4.78, 5) is 16.3. The highest BCUT2D eigenvalue weighted by Crippen LogP contribution is 2.22. The minimum absolute atomic E-state index is 0.0112. The molecule has 0 unspecified atom stereocenters. The fourth-order valence-electron chi connectivity index (χ4n) is 1.78. The summed E-state index contributed by atoms with van der Waals surface area (Å²) in [6.07, 6.45) is 0. The molecule has 0 fully saturated rings. The molecule has 0 saturated carbocycles. The van der Waals surface area contributed by atoms with Crippen LogP contribution in [-0.4, -0.2) is 16.0 Å². The van der Waals surface area contributed by atoms with Crippen molar-refractivity contribution in [1.82, 2.24) is 4.98 Å². The number of aromatic nitrogens is 1. The van der Waals surface area contributed by atoms with E-state index in [1.807, 2.05) is 19.9 Å². The minimum atomic E-state index is -0.404. The normalized spacial score (nSPS) is 10.3. The lowest BCUT2D eigenvalue weighted by atomic mass is 10.2. The number of halogens is 1. The van der Waals surface area contributed by atoms with Crippen molar-refractivity contribution in [3.05, 3.63) is 52.2 Å². The Morgan fingerprint density at radius 2 is 2.00 bits per heavy atom. The van der Waals surface area contributed by atoms with Crippen molar-refractivity contribution in [3.63, 3.8) is 0 Å². The van der Waals surface area contributed by atoms with Crippen LogP contribution in [0.3, 0.4) is 0 Å². The zero-order valence-corrected chi connectivity index (χ0v) is 11.3. The molecule has 0 atom stereocenters. The van der Waals surface area contributed by atoms with E-state index in [0.717, 1.165) is 11.3 Å². The molecule has 4 nitrogen and oxygen atoms in total. The number of phenols is 1. The van der Waals surface area contributed by atoms with Crippen molar-refractivity contribution in [3.8, 4) is 5.75 Å². The zero-order chi connectivity index (χ0) is 14.0. The van der Waals surface area contributed by atoms with Gasteiger partial charge in [-0.15, -0.1) is 0 Å². The fraction of sp³-hybridized carbons (Fsp3) is 0.143. The van der Waals surface area contributed by atoms with Crippen molar-refractivity contribution in [2.75, 3.05) is 5.32 Å². The number of anilines is 1. The summed E-state index contributed by atoms with van der Waals surface area (Å²) < 4.78 is 0. The van der Waals surface area contributed by atoms with Gasteiger partial charge in [-0.05, 0) is 49.7 Å². The molecule has 1 amide bonds. The number of carbonyl (C=O) groups excluding carboxylic acids is 1. The highest BCUT2D eigenvalue weighted by molar-refractivity contribution is 6.34. The predicted octanol–water partition coefficient (Wildman–Crippen LogP) is 3.31. The molecule has 0 radical (unpaired) electrons. The SMILES string of the molecule is Cc1cc(C)nc(NC(=O)c2cc(O)ccc2Cl)c1. The van der Waals surface area contributed by atoms with Gasteiger partial charge in [0.15, 0.2) is 0 Å². The number of amides is 1. The third-order valence-corrected chi connectivity index (χ3v) is 2.86. The Morgan fingerprint density at radius 3 is 2.68 bits per heavy atom. The van der Waals surface area contributed by atoms with Gasteiger partial charge in [0, 0.05) is 5.69 Å². The van der Waals surface area contributed by atoms with E-state index >= 15 is 0 Å². The summed E-state index contributed by atoms with van der Waals surface area (Å²) in [7, 11) is 0. The van der Waals surface area contributed by atoms with E-state index in [1.54, 1.807) is 6.07 Å². The first-order valence-electron chi connectivity index (χ1n) is 5.71. The van der Waals surface area contributed by atoms with Crippen molar-refractivity contribution in [1.29, 1.82) is 0 Å². The molecule has 98 valence electrons. The number of benzene rings is 1. The van der Waals surface area contributed by atoms with Gasteiger partial charge in [0.2, 0.25) is 0 Å². The van der Waals surface area contributed by atoms with Gasteiger partial charge in [-0.2, -0.15) is 0 Å². The topological polar surface area (TPSA) is 62.2 Å². The second-order valence-electron chi connectivity index (χ2n) is 4.29. The number of nitrogens with zero attached hydrogens (tertiary/aromatic N) is 1. The Kier molecular flexibility index (Phi) is 3.71. The average molecular weight is 277 g/mol. The first kappa shape index (κ1) is 13.4. The Morgan fingerprint density at radius 1 is 1.26 bits per heavy atom. The van der Waals surface area contributed by atoms with Crippen LogP contribution < -0.4 is 5.32 Å². The third kappa shape index (κ3) is 3.23. The molecule has 1 heterocycles. The summed E-state index contributed by atoms with van der Waals surface area (Å²) in [6, 6.07) is 7.90. The van der Waals surface area contributed by atoms with E-state index in [-0.39, 0.29) is 16.3 Å². The molecule has 0 saturated heterocycles. The maximum absolute atomic E-state index is 12.1. The number of phenolic OH excluding ortho intramolecular Hbond substituents is 1. The lowest BCUT2D eigenvalue weighted by molar-refractivity contribution is 0.102. The van der Waals surface area contributed by atoms with Gasteiger partial charge in [0.05, 0.1) is 10.6 Å². The number of hydrogen-bond acceptors (Lipinski definition) is 3. The molecule has 1 aromatic heterocycles. The van der Waals surface area contributed by atoms with Crippen LogP contribution >= 0.6 is 11.6 Å². The van der Waals surface area contributed by atoms with E-state index in [2.05, 4.69) is 10.3 Å². The second kappa shape index (κ2) is 5.28. The smallest absolute Gasteiger partial charge is 0.258 e. The maximum Gasteiger partial charge on any atom is 0.258 e. The van der Waals surface area contributed by atoms with Crippen molar-refractivity contribution < 1.29 is 9.90 Å². The van der Waals surface area contributed by atoms with Crippen LogP contribution in [0.4, 0.5) is 5.82 Å². The quantitative estimate of drug-likeness (QED) is 0.884. The molecule has 5 heteroatoms. The van der Waals surface area contributed by atoms with Gasteiger partial charge in [-0.1, -0.05) is 11.6 Å². The van der Waals surface area contributed by atoms with Gasteiger partial charge < -0.3 is 10.4 Å². The molecule has 0 bridgehead atoms. The molecule has 0 aliphatic heterocycles. The van der Waals surface area contributed by atoms with E-state index in [9.17, 15) is 9.90 Å². The largest absolute Gasteiger partial charge is 0.508 e. The number of nitrogens with one attached hydrogen (secondary N) is 1. The molecule has 2 aromatic rings. The number of aryl methyl sites for hydroxylation is 2. The number of pyridine rings is 1. The fourth-order valence-corrected chi connectivity index (χ4v) is 1.98. The summed E-state index contributed by atoms with van der Waals surface area (Å²) in [5.74, 6) is 0.0447. The maximum atomic E-state index is 12.1. The summed E-state index contributed by atoms with van der Waals surface area (Å²) in [6.45, 7) is 3.77. The van der Waals surface area contributed by atoms with Crippen LogP contribution in [-0.2, 0) is 0 Å². The molecule has 1 aromatic carbocycles. The van der Waals surface area contributed by atoms with Gasteiger partial charge >= 0.3 is 0 Å². The summed E-state index contributed by atoms with van der Waals surface area (Å²) in [5.41, 5.74) is 2.03. The summed E-state index contributed by atoms with van der Waals surface area (Å²) >= 11 is 5.93.